The van der Waals surface area contributed by atoms with Gasteiger partial charge in [0.1, 0.15) is 0 Å². The molecule has 2 aromatic rings. The minimum atomic E-state index is -3.25. The molecule has 104 valence electrons. The molecule has 0 aliphatic rings. The molecule has 0 fully saturated rings. The van der Waals surface area contributed by atoms with Crippen LogP contribution in [0.2, 0.25) is 0 Å². The van der Waals surface area contributed by atoms with Gasteiger partial charge >= 0.3 is 0 Å². The zero-order valence-electron chi connectivity index (χ0n) is 10.7. The second kappa shape index (κ2) is 5.66. The highest BCUT2D eigenvalue weighted by molar-refractivity contribution is 7.93. The van der Waals surface area contributed by atoms with Crippen molar-refractivity contribution in [2.75, 3.05) is 10.0 Å². The van der Waals surface area contributed by atoms with Crippen LogP contribution in [0.1, 0.15) is 6.92 Å². The van der Waals surface area contributed by atoms with Gasteiger partial charge in [0.25, 0.3) is 0 Å². The molecule has 1 aromatic carbocycles. The molecule has 0 spiro atoms. The fraction of sp³-hybridized carbons (Fsp3) is 0.0833. The number of nitrogens with one attached hydrogen (secondary N) is 3. The minimum absolute atomic E-state index is 0.124. The topological polar surface area (TPSA) is 108 Å². The maximum atomic E-state index is 12.3. The van der Waals surface area contributed by atoms with Crippen LogP contribution in [0.5, 0.6) is 0 Å². The lowest BCUT2D eigenvalue weighted by Gasteiger charge is -2.10. The van der Waals surface area contributed by atoms with E-state index in [1.807, 2.05) is 0 Å². The van der Waals surface area contributed by atoms with Gasteiger partial charge in [-0.1, -0.05) is 0 Å². The van der Waals surface area contributed by atoms with Crippen LogP contribution in [0.4, 0.5) is 11.6 Å². The molecule has 3 N–H and O–H groups in total. The van der Waals surface area contributed by atoms with E-state index in [2.05, 4.69) is 20.0 Å². The quantitative estimate of drug-likeness (QED) is 0.799. The maximum absolute atomic E-state index is 12.3. The van der Waals surface area contributed by atoms with Crippen molar-refractivity contribution >= 4 is 27.5 Å². The lowest BCUT2D eigenvalue weighted by Crippen LogP contribution is -2.13. The molecule has 2 rings (SSSR count). The second-order valence-electron chi connectivity index (χ2n) is 3.94. The number of carbonyl (C=O) groups excluding carboxylic acids is 1. The van der Waals surface area contributed by atoms with Crippen LogP contribution in [-0.2, 0) is 14.7 Å². The second-order valence-corrected chi connectivity index (χ2v) is 5.72. The molecule has 1 amide bonds. The van der Waals surface area contributed by atoms with Crippen LogP contribution in [0.3, 0.4) is 0 Å². The molecule has 0 radical (unpaired) electrons. The van der Waals surface area contributed by atoms with Crippen molar-refractivity contribution in [1.29, 1.82) is 4.78 Å². The Morgan fingerprint density at radius 2 is 1.80 bits per heavy atom. The first-order valence-electron chi connectivity index (χ1n) is 5.68. The molecule has 8 heteroatoms. The highest BCUT2D eigenvalue weighted by atomic mass is 32.2. The molecule has 1 atom stereocenters. The van der Waals surface area contributed by atoms with Gasteiger partial charge in [-0.3, -0.25) is 9.52 Å². The van der Waals surface area contributed by atoms with Gasteiger partial charge in [0, 0.05) is 25.0 Å². The Morgan fingerprint density at radius 1 is 1.20 bits per heavy atom. The molecule has 0 saturated heterocycles. The fourth-order valence-electron chi connectivity index (χ4n) is 1.47. The van der Waals surface area contributed by atoms with Crippen LogP contribution in [0.15, 0.2) is 47.6 Å². The van der Waals surface area contributed by atoms with E-state index in [4.69, 9.17) is 4.78 Å². The third-order valence-electron chi connectivity index (χ3n) is 2.31. The average Bonchev–Trinajstić information content (AvgIpc) is 2.39. The number of nitrogens with zero attached hydrogens (tertiary/aromatic N) is 2. The predicted octanol–water partition coefficient (Wildman–Crippen LogP) is 1.87. The van der Waals surface area contributed by atoms with Crippen LogP contribution in [-0.4, -0.2) is 20.1 Å². The molecule has 20 heavy (non-hydrogen) atoms. The van der Waals surface area contributed by atoms with E-state index in [1.54, 1.807) is 18.2 Å². The molecule has 1 aromatic heterocycles. The van der Waals surface area contributed by atoms with Crippen molar-refractivity contribution in [2.45, 2.75) is 11.8 Å². The summed E-state index contributed by atoms with van der Waals surface area (Å²) < 4.78 is 22.6. The van der Waals surface area contributed by atoms with Crippen LogP contribution in [0, 0.1) is 4.78 Å². The summed E-state index contributed by atoms with van der Waals surface area (Å²) in [4.78, 5) is 18.9. The Bertz CT molecular complexity index is 698. The lowest BCUT2D eigenvalue weighted by atomic mass is 10.3. The van der Waals surface area contributed by atoms with Gasteiger partial charge in [-0.2, -0.15) is 0 Å². The van der Waals surface area contributed by atoms with Gasteiger partial charge in [-0.25, -0.2) is 19.0 Å². The van der Waals surface area contributed by atoms with E-state index in [-0.39, 0.29) is 16.8 Å². The fourth-order valence-corrected chi connectivity index (χ4v) is 2.47. The van der Waals surface area contributed by atoms with Gasteiger partial charge in [0.2, 0.25) is 11.9 Å². The molecular formula is C12H13N5O2S. The number of hydrogen-bond acceptors (Lipinski definition) is 5. The molecule has 7 nitrogen and oxygen atoms in total. The van der Waals surface area contributed by atoms with E-state index < -0.39 is 9.92 Å². The van der Waals surface area contributed by atoms with E-state index in [0.717, 1.165) is 0 Å². The number of anilines is 2. The largest absolute Gasteiger partial charge is 0.326 e. The van der Waals surface area contributed by atoms with Crippen LogP contribution in [0.25, 0.3) is 0 Å². The van der Waals surface area contributed by atoms with E-state index in [9.17, 15) is 9.00 Å². The molecule has 0 bridgehead atoms. The summed E-state index contributed by atoms with van der Waals surface area (Å²) in [6.07, 6.45) is 2.98. The molecule has 1 unspecified atom stereocenters. The summed E-state index contributed by atoms with van der Waals surface area (Å²) >= 11 is 0. The molecule has 1 heterocycles. The van der Waals surface area contributed by atoms with E-state index >= 15 is 0 Å². The van der Waals surface area contributed by atoms with Crippen LogP contribution < -0.4 is 10.0 Å². The Morgan fingerprint density at radius 3 is 2.35 bits per heavy atom. The summed E-state index contributed by atoms with van der Waals surface area (Å²) in [6, 6.07) is 7.81. The number of aromatic nitrogens is 2. The Kier molecular flexibility index (Phi) is 3.94. The summed E-state index contributed by atoms with van der Waals surface area (Å²) in [5.41, 5.74) is 0.576. The third kappa shape index (κ3) is 3.51. The Labute approximate surface area is 116 Å². The molecular weight excluding hydrogens is 278 g/mol. The van der Waals surface area contributed by atoms with Gasteiger partial charge < -0.3 is 5.32 Å². The highest BCUT2D eigenvalue weighted by Crippen LogP contribution is 2.16. The van der Waals surface area contributed by atoms with Crippen molar-refractivity contribution in [2.24, 2.45) is 0 Å². The predicted molar refractivity (Wildman–Crippen MR) is 75.5 cm³/mol. The average molecular weight is 291 g/mol. The van der Waals surface area contributed by atoms with Crippen LogP contribution >= 0.6 is 0 Å². The maximum Gasteiger partial charge on any atom is 0.235 e. The lowest BCUT2D eigenvalue weighted by molar-refractivity contribution is -0.114. The number of rotatable bonds is 4. The van der Waals surface area contributed by atoms with Gasteiger partial charge in [0.15, 0.2) is 9.92 Å². The standard InChI is InChI=1S/C12H13N5O2S/c1-9(18)16-10-3-5-11(6-4-10)20(13,19)17-12-14-7-2-8-15-12/h2-8H,1H3,(H,16,18)(H2,13,14,15,17,19). The molecule has 0 saturated carbocycles. The zero-order chi connectivity index (χ0) is 14.6. The Balaban J connectivity index is 2.19. The summed E-state index contributed by atoms with van der Waals surface area (Å²) in [5, 5.41) is 2.60. The summed E-state index contributed by atoms with van der Waals surface area (Å²) in [6.45, 7) is 1.40. The smallest absolute Gasteiger partial charge is 0.235 e. The van der Waals surface area contributed by atoms with E-state index in [1.165, 1.54) is 31.5 Å². The molecule has 0 aliphatic heterocycles. The Hall–Kier alpha value is -2.48. The van der Waals surface area contributed by atoms with E-state index in [0.29, 0.717) is 5.69 Å². The normalized spacial score (nSPS) is 13.2. The van der Waals surface area contributed by atoms with Crippen molar-refractivity contribution in [3.8, 4) is 0 Å². The van der Waals surface area contributed by atoms with Crippen molar-refractivity contribution in [1.82, 2.24) is 9.97 Å². The van der Waals surface area contributed by atoms with Gasteiger partial charge in [-0.05, 0) is 30.3 Å². The minimum Gasteiger partial charge on any atom is -0.326 e. The summed E-state index contributed by atoms with van der Waals surface area (Å²) in [5.74, 6) is -0.0707. The van der Waals surface area contributed by atoms with Crippen molar-refractivity contribution < 1.29 is 9.00 Å². The zero-order valence-corrected chi connectivity index (χ0v) is 11.5. The number of carbonyl (C=O) groups is 1. The van der Waals surface area contributed by atoms with Crippen molar-refractivity contribution in [3.05, 3.63) is 42.7 Å². The first kappa shape index (κ1) is 13.9. The molecule has 0 aliphatic carbocycles. The first-order valence-corrected chi connectivity index (χ1v) is 7.24. The number of benzene rings is 1. The first-order chi connectivity index (χ1) is 9.47. The third-order valence-corrected chi connectivity index (χ3v) is 3.71. The summed E-state index contributed by atoms with van der Waals surface area (Å²) in [7, 11) is -3.25. The number of hydrogen-bond donors (Lipinski definition) is 3. The van der Waals surface area contributed by atoms with Gasteiger partial charge in [0.05, 0.1) is 4.90 Å². The monoisotopic (exact) mass is 291 g/mol. The number of amides is 1. The highest BCUT2D eigenvalue weighted by Gasteiger charge is 2.11. The van der Waals surface area contributed by atoms with Gasteiger partial charge in [-0.15, -0.1) is 0 Å². The SMILES string of the molecule is CC(=O)Nc1ccc(S(=N)(=O)Nc2ncccn2)cc1. The van der Waals surface area contributed by atoms with Crippen molar-refractivity contribution in [3.63, 3.8) is 0 Å².